The van der Waals surface area contributed by atoms with E-state index in [1.54, 1.807) is 0 Å². The van der Waals surface area contributed by atoms with E-state index in [4.69, 9.17) is 4.74 Å². The van der Waals surface area contributed by atoms with E-state index in [-0.39, 0.29) is 5.91 Å². The summed E-state index contributed by atoms with van der Waals surface area (Å²) in [7, 11) is 0. The first-order valence-corrected chi connectivity index (χ1v) is 6.35. The van der Waals surface area contributed by atoms with Crippen molar-refractivity contribution < 1.29 is 9.53 Å². The quantitative estimate of drug-likeness (QED) is 0.780. The monoisotopic (exact) mass is 250 g/mol. The molecule has 0 aromatic heterocycles. The Balaban J connectivity index is 2.38. The molecule has 1 aromatic carbocycles. The van der Waals surface area contributed by atoms with Crippen LogP contribution in [-0.4, -0.2) is 25.6 Å². The van der Waals surface area contributed by atoms with E-state index < -0.39 is 0 Å². The van der Waals surface area contributed by atoms with Crippen LogP contribution >= 0.6 is 0 Å². The van der Waals surface area contributed by atoms with Crippen LogP contribution in [0.2, 0.25) is 0 Å². The maximum absolute atomic E-state index is 11.3. The summed E-state index contributed by atoms with van der Waals surface area (Å²) in [5.41, 5.74) is 0.915. The number of carbonyl (C=O) groups excluding carboxylic acids is 1. The molecule has 0 aliphatic heterocycles. The summed E-state index contributed by atoms with van der Waals surface area (Å²) in [6.07, 6.45) is 0. The molecule has 1 aromatic rings. The lowest BCUT2D eigenvalue weighted by molar-refractivity contribution is -0.119. The number of likely N-dealkylation sites (N-methyl/N-ethyl adjacent to an activating group) is 1. The van der Waals surface area contributed by atoms with E-state index in [1.807, 2.05) is 31.2 Å². The van der Waals surface area contributed by atoms with E-state index in [9.17, 15) is 4.79 Å². The van der Waals surface area contributed by atoms with Crippen molar-refractivity contribution in [1.82, 2.24) is 5.32 Å². The Morgan fingerprint density at radius 1 is 1.28 bits per heavy atom. The number of benzene rings is 1. The molecule has 18 heavy (non-hydrogen) atoms. The number of anilines is 1. The van der Waals surface area contributed by atoms with E-state index in [2.05, 4.69) is 24.5 Å². The van der Waals surface area contributed by atoms with Gasteiger partial charge in [-0.1, -0.05) is 13.8 Å². The van der Waals surface area contributed by atoms with Crippen LogP contribution in [-0.2, 0) is 4.79 Å². The summed E-state index contributed by atoms with van der Waals surface area (Å²) in [6, 6.07) is 7.63. The summed E-state index contributed by atoms with van der Waals surface area (Å²) < 4.78 is 5.58. The van der Waals surface area contributed by atoms with Gasteiger partial charge in [-0.2, -0.15) is 0 Å². The van der Waals surface area contributed by atoms with Crippen LogP contribution in [0.25, 0.3) is 0 Å². The second-order valence-electron chi connectivity index (χ2n) is 4.54. The lowest BCUT2D eigenvalue weighted by Crippen LogP contribution is -2.29. The maximum Gasteiger partial charge on any atom is 0.239 e. The fourth-order valence-corrected chi connectivity index (χ4v) is 1.37. The van der Waals surface area contributed by atoms with Crippen molar-refractivity contribution in [3.05, 3.63) is 24.3 Å². The summed E-state index contributed by atoms with van der Waals surface area (Å²) in [6.45, 7) is 7.79. The Hall–Kier alpha value is -1.71. The van der Waals surface area contributed by atoms with Gasteiger partial charge >= 0.3 is 0 Å². The fraction of sp³-hybridized carbons (Fsp3) is 0.500. The standard InChI is InChI=1S/C14H22N2O2/c1-4-15-14(17)9-16-12-5-7-13(8-6-12)18-10-11(2)3/h5-8,11,16H,4,9-10H2,1-3H3,(H,15,17). The fourth-order valence-electron chi connectivity index (χ4n) is 1.37. The van der Waals surface area contributed by atoms with Crippen LogP contribution < -0.4 is 15.4 Å². The van der Waals surface area contributed by atoms with Crippen molar-refractivity contribution in [3.8, 4) is 5.75 Å². The molecule has 0 fully saturated rings. The van der Waals surface area contributed by atoms with Crippen LogP contribution in [0.3, 0.4) is 0 Å². The number of carbonyl (C=O) groups is 1. The third kappa shape index (κ3) is 5.57. The van der Waals surface area contributed by atoms with E-state index in [0.717, 1.165) is 11.4 Å². The molecule has 0 aliphatic rings. The Morgan fingerprint density at radius 3 is 2.50 bits per heavy atom. The van der Waals surface area contributed by atoms with Crippen molar-refractivity contribution in [2.75, 3.05) is 25.0 Å². The van der Waals surface area contributed by atoms with Gasteiger partial charge in [-0.05, 0) is 37.1 Å². The zero-order valence-electron chi connectivity index (χ0n) is 11.3. The molecule has 0 spiro atoms. The highest BCUT2D eigenvalue weighted by Gasteiger charge is 2.00. The topological polar surface area (TPSA) is 50.4 Å². The third-order valence-electron chi connectivity index (χ3n) is 2.26. The number of nitrogens with one attached hydrogen (secondary N) is 2. The van der Waals surface area contributed by atoms with Crippen molar-refractivity contribution >= 4 is 11.6 Å². The molecule has 0 saturated heterocycles. The van der Waals surface area contributed by atoms with Gasteiger partial charge in [-0.15, -0.1) is 0 Å². The molecule has 2 N–H and O–H groups in total. The normalized spacial score (nSPS) is 10.2. The zero-order valence-corrected chi connectivity index (χ0v) is 11.3. The van der Waals surface area contributed by atoms with Crippen LogP contribution in [0.4, 0.5) is 5.69 Å². The smallest absolute Gasteiger partial charge is 0.239 e. The van der Waals surface area contributed by atoms with Crippen LogP contribution in [0.15, 0.2) is 24.3 Å². The largest absolute Gasteiger partial charge is 0.493 e. The van der Waals surface area contributed by atoms with Crippen molar-refractivity contribution in [1.29, 1.82) is 0 Å². The average Bonchev–Trinajstić information content (AvgIpc) is 2.35. The maximum atomic E-state index is 11.3. The molecule has 1 rings (SSSR count). The molecule has 0 unspecified atom stereocenters. The Kier molecular flexibility index (Phi) is 6.05. The molecule has 0 atom stereocenters. The molecule has 0 radical (unpaired) electrons. The van der Waals surface area contributed by atoms with Gasteiger partial charge in [0.1, 0.15) is 5.75 Å². The van der Waals surface area contributed by atoms with Gasteiger partial charge in [0.25, 0.3) is 0 Å². The minimum Gasteiger partial charge on any atom is -0.493 e. The van der Waals surface area contributed by atoms with Gasteiger partial charge in [0.2, 0.25) is 5.91 Å². The van der Waals surface area contributed by atoms with Crippen molar-refractivity contribution in [2.24, 2.45) is 5.92 Å². The number of rotatable bonds is 7. The Bertz CT molecular complexity index is 361. The predicted molar refractivity (Wildman–Crippen MR) is 73.9 cm³/mol. The number of hydrogen-bond donors (Lipinski definition) is 2. The molecule has 100 valence electrons. The number of hydrogen-bond acceptors (Lipinski definition) is 3. The lowest BCUT2D eigenvalue weighted by Gasteiger charge is -2.10. The van der Waals surface area contributed by atoms with E-state index >= 15 is 0 Å². The summed E-state index contributed by atoms with van der Waals surface area (Å²) >= 11 is 0. The Morgan fingerprint density at radius 2 is 1.94 bits per heavy atom. The highest BCUT2D eigenvalue weighted by Crippen LogP contribution is 2.16. The zero-order chi connectivity index (χ0) is 13.4. The molecule has 1 amide bonds. The van der Waals surface area contributed by atoms with Crippen molar-refractivity contribution in [2.45, 2.75) is 20.8 Å². The first-order chi connectivity index (χ1) is 8.61. The number of amides is 1. The first kappa shape index (κ1) is 14.4. The lowest BCUT2D eigenvalue weighted by atomic mass is 10.2. The van der Waals surface area contributed by atoms with Gasteiger partial charge in [-0.25, -0.2) is 0 Å². The van der Waals surface area contributed by atoms with Gasteiger partial charge in [0.05, 0.1) is 13.2 Å². The second-order valence-corrected chi connectivity index (χ2v) is 4.54. The summed E-state index contributed by atoms with van der Waals surface area (Å²) in [4.78, 5) is 11.3. The van der Waals surface area contributed by atoms with Gasteiger partial charge in [0, 0.05) is 12.2 Å². The van der Waals surface area contributed by atoms with Gasteiger partial charge in [0.15, 0.2) is 0 Å². The van der Waals surface area contributed by atoms with Gasteiger partial charge in [-0.3, -0.25) is 4.79 Å². The third-order valence-corrected chi connectivity index (χ3v) is 2.26. The molecule has 0 saturated carbocycles. The highest BCUT2D eigenvalue weighted by atomic mass is 16.5. The number of ether oxygens (including phenoxy) is 1. The molecule has 0 heterocycles. The van der Waals surface area contributed by atoms with Crippen LogP contribution in [0.5, 0.6) is 5.75 Å². The van der Waals surface area contributed by atoms with Gasteiger partial charge < -0.3 is 15.4 Å². The van der Waals surface area contributed by atoms with E-state index in [0.29, 0.717) is 25.6 Å². The molecule has 4 nitrogen and oxygen atoms in total. The molecule has 0 bridgehead atoms. The minimum absolute atomic E-state index is 0.00219. The predicted octanol–water partition coefficient (Wildman–Crippen LogP) is 2.27. The van der Waals surface area contributed by atoms with Crippen LogP contribution in [0.1, 0.15) is 20.8 Å². The average molecular weight is 250 g/mol. The first-order valence-electron chi connectivity index (χ1n) is 6.35. The highest BCUT2D eigenvalue weighted by molar-refractivity contribution is 5.80. The SMILES string of the molecule is CCNC(=O)CNc1ccc(OCC(C)C)cc1. The summed E-state index contributed by atoms with van der Waals surface area (Å²) in [5.74, 6) is 1.37. The van der Waals surface area contributed by atoms with Crippen LogP contribution in [0, 0.1) is 5.92 Å². The Labute approximate surface area is 109 Å². The minimum atomic E-state index is -0.00219. The van der Waals surface area contributed by atoms with E-state index in [1.165, 1.54) is 0 Å². The molecule has 0 aliphatic carbocycles. The second kappa shape index (κ2) is 7.58. The molecule has 4 heteroatoms. The summed E-state index contributed by atoms with van der Waals surface area (Å²) in [5, 5.41) is 5.79. The molecular weight excluding hydrogens is 228 g/mol. The van der Waals surface area contributed by atoms with Crippen molar-refractivity contribution in [3.63, 3.8) is 0 Å². The molecular formula is C14H22N2O2.